The van der Waals surface area contributed by atoms with Crippen molar-refractivity contribution in [3.8, 4) is 0 Å². The number of likely N-dealkylation sites (tertiary alicyclic amines) is 1. The number of esters is 1. The Balaban J connectivity index is 2.43. The zero-order valence-electron chi connectivity index (χ0n) is 16.0. The monoisotopic (exact) mass is 379 g/mol. The lowest BCUT2D eigenvalue weighted by molar-refractivity contribution is -0.154. The molecule has 1 fully saturated rings. The molecule has 0 aromatic heterocycles. The largest absolute Gasteiger partial charge is 0.469 e. The minimum Gasteiger partial charge on any atom is -0.469 e. The molecule has 0 saturated carbocycles. The Morgan fingerprint density at radius 3 is 2.54 bits per heavy atom. The molecule has 1 aliphatic heterocycles. The number of ether oxygens (including phenoxy) is 3. The van der Waals surface area contributed by atoms with Crippen molar-refractivity contribution in [2.75, 3.05) is 26.9 Å². The maximum Gasteiger partial charge on any atom is 0.326 e. The van der Waals surface area contributed by atoms with E-state index in [1.54, 1.807) is 0 Å². The Hall–Kier alpha value is -1.28. The molecule has 0 aromatic rings. The summed E-state index contributed by atoms with van der Waals surface area (Å²) >= 11 is 0. The molecule has 2 atom stereocenters. The van der Waals surface area contributed by atoms with Crippen LogP contribution >= 0.6 is 0 Å². The summed E-state index contributed by atoms with van der Waals surface area (Å²) in [6.45, 7) is 4.52. The highest BCUT2D eigenvalue weighted by molar-refractivity contribution is 5.86. The van der Waals surface area contributed by atoms with Gasteiger partial charge in [-0.25, -0.2) is 0 Å². The van der Waals surface area contributed by atoms with E-state index in [9.17, 15) is 18.4 Å². The zero-order chi connectivity index (χ0) is 19.6. The van der Waals surface area contributed by atoms with Crippen LogP contribution in [0.2, 0.25) is 0 Å². The second-order valence-electron chi connectivity index (χ2n) is 6.43. The number of rotatable bonds is 13. The Bertz CT molecular complexity index is 447. The summed E-state index contributed by atoms with van der Waals surface area (Å²) < 4.78 is 43.1. The number of carbonyl (C=O) groups is 2. The first kappa shape index (κ1) is 22.8. The standard InChI is InChI=1S/C18H31F2NO5/c1-4-16(25-5-2)26-13-14-12-18(19,20)17(23)21(14)11-9-7-6-8-10-15(22)24-3/h14,16H,4-13H2,1-3H3/t14-,16?/m1/s1. The molecule has 1 rings (SSSR count). The van der Waals surface area contributed by atoms with Gasteiger partial charge < -0.3 is 19.1 Å². The van der Waals surface area contributed by atoms with Crippen molar-refractivity contribution in [1.29, 1.82) is 0 Å². The fourth-order valence-electron chi connectivity index (χ4n) is 3.00. The quantitative estimate of drug-likeness (QED) is 0.279. The number of halogens is 2. The molecule has 0 bridgehead atoms. The lowest BCUT2D eigenvalue weighted by Crippen LogP contribution is -2.39. The Labute approximate surface area is 154 Å². The van der Waals surface area contributed by atoms with Gasteiger partial charge in [-0.1, -0.05) is 19.8 Å². The van der Waals surface area contributed by atoms with Crippen LogP contribution in [0, 0.1) is 0 Å². The van der Waals surface area contributed by atoms with Crippen LogP contribution in [0.5, 0.6) is 0 Å². The summed E-state index contributed by atoms with van der Waals surface area (Å²) in [5.41, 5.74) is 0. The number of nitrogens with zero attached hydrogens (tertiary/aromatic N) is 1. The van der Waals surface area contributed by atoms with Crippen LogP contribution in [0.25, 0.3) is 0 Å². The van der Waals surface area contributed by atoms with Gasteiger partial charge in [-0.3, -0.25) is 9.59 Å². The first-order valence-corrected chi connectivity index (χ1v) is 9.34. The summed E-state index contributed by atoms with van der Waals surface area (Å²) in [5.74, 6) is -4.70. The highest BCUT2D eigenvalue weighted by Gasteiger charge is 2.53. The third kappa shape index (κ3) is 7.15. The highest BCUT2D eigenvalue weighted by Crippen LogP contribution is 2.34. The average Bonchev–Trinajstić information content (AvgIpc) is 2.83. The lowest BCUT2D eigenvalue weighted by Gasteiger charge is -2.26. The van der Waals surface area contributed by atoms with Gasteiger partial charge in [0.2, 0.25) is 0 Å². The van der Waals surface area contributed by atoms with E-state index in [2.05, 4.69) is 4.74 Å². The Morgan fingerprint density at radius 2 is 1.92 bits per heavy atom. The number of amides is 1. The Morgan fingerprint density at radius 1 is 1.23 bits per heavy atom. The number of alkyl halides is 2. The van der Waals surface area contributed by atoms with Crippen molar-refractivity contribution in [2.24, 2.45) is 0 Å². The predicted molar refractivity (Wildman–Crippen MR) is 91.8 cm³/mol. The number of hydrogen-bond acceptors (Lipinski definition) is 5. The molecular weight excluding hydrogens is 348 g/mol. The molecule has 0 spiro atoms. The minimum absolute atomic E-state index is 0.0438. The fourth-order valence-corrected chi connectivity index (χ4v) is 3.00. The van der Waals surface area contributed by atoms with Crippen molar-refractivity contribution >= 4 is 11.9 Å². The SMILES string of the molecule is CCOC(CC)OC[C@H]1CC(F)(F)C(=O)N1CCCCCCC(=O)OC. The van der Waals surface area contributed by atoms with E-state index in [1.807, 2.05) is 13.8 Å². The van der Waals surface area contributed by atoms with Gasteiger partial charge >= 0.3 is 11.9 Å². The first-order valence-electron chi connectivity index (χ1n) is 9.34. The van der Waals surface area contributed by atoms with E-state index >= 15 is 0 Å². The first-order chi connectivity index (χ1) is 12.4. The van der Waals surface area contributed by atoms with Crippen LogP contribution in [0.4, 0.5) is 8.78 Å². The molecule has 0 aromatic carbocycles. The molecule has 0 N–H and O–H groups in total. The van der Waals surface area contributed by atoms with E-state index in [4.69, 9.17) is 9.47 Å². The van der Waals surface area contributed by atoms with E-state index in [0.717, 1.165) is 12.8 Å². The van der Waals surface area contributed by atoms with Crippen molar-refractivity contribution < 1.29 is 32.6 Å². The maximum atomic E-state index is 13.8. The number of hydrogen-bond donors (Lipinski definition) is 0. The van der Waals surface area contributed by atoms with Gasteiger partial charge in [0.25, 0.3) is 5.91 Å². The van der Waals surface area contributed by atoms with Gasteiger partial charge in [0, 0.05) is 26.0 Å². The van der Waals surface area contributed by atoms with Gasteiger partial charge in [0.05, 0.1) is 19.8 Å². The van der Waals surface area contributed by atoms with Gasteiger partial charge in [0.15, 0.2) is 6.29 Å². The topological polar surface area (TPSA) is 65.1 Å². The molecule has 152 valence electrons. The van der Waals surface area contributed by atoms with E-state index in [0.29, 0.717) is 32.3 Å². The lowest BCUT2D eigenvalue weighted by atomic mass is 10.1. The number of carbonyl (C=O) groups excluding carboxylic acids is 2. The van der Waals surface area contributed by atoms with Crippen LogP contribution in [0.3, 0.4) is 0 Å². The van der Waals surface area contributed by atoms with Gasteiger partial charge in [-0.05, 0) is 26.2 Å². The molecule has 1 aliphatic rings. The maximum absolute atomic E-state index is 13.8. The number of methoxy groups -OCH3 is 1. The second-order valence-corrected chi connectivity index (χ2v) is 6.43. The van der Waals surface area contributed by atoms with Crippen molar-refractivity contribution in [3.63, 3.8) is 0 Å². The molecule has 26 heavy (non-hydrogen) atoms. The van der Waals surface area contributed by atoms with E-state index in [-0.39, 0.29) is 19.1 Å². The normalized spacial score (nSPS) is 20.4. The molecule has 1 unspecified atom stereocenters. The highest BCUT2D eigenvalue weighted by atomic mass is 19.3. The van der Waals surface area contributed by atoms with Crippen molar-refractivity contribution in [1.82, 2.24) is 4.90 Å². The van der Waals surface area contributed by atoms with Gasteiger partial charge in [0.1, 0.15) is 0 Å². The summed E-state index contributed by atoms with van der Waals surface area (Å²) in [7, 11) is 1.35. The Kier molecular flexibility index (Phi) is 10.0. The third-order valence-corrected chi connectivity index (χ3v) is 4.42. The van der Waals surface area contributed by atoms with Gasteiger partial charge in [-0.2, -0.15) is 8.78 Å². The third-order valence-electron chi connectivity index (χ3n) is 4.42. The summed E-state index contributed by atoms with van der Waals surface area (Å²) in [6, 6.07) is -0.637. The van der Waals surface area contributed by atoms with E-state index < -0.39 is 30.6 Å². The average molecular weight is 379 g/mol. The van der Waals surface area contributed by atoms with Crippen molar-refractivity contribution in [2.45, 2.75) is 77.0 Å². The molecule has 0 aliphatic carbocycles. The fraction of sp³-hybridized carbons (Fsp3) is 0.889. The second kappa shape index (κ2) is 11.4. The van der Waals surface area contributed by atoms with Crippen LogP contribution in [0.1, 0.15) is 58.8 Å². The van der Waals surface area contributed by atoms with E-state index in [1.165, 1.54) is 12.0 Å². The molecular formula is C18H31F2NO5. The zero-order valence-corrected chi connectivity index (χ0v) is 16.0. The summed E-state index contributed by atoms with van der Waals surface area (Å²) in [5, 5.41) is 0. The number of unbranched alkanes of at least 4 members (excludes halogenated alkanes) is 3. The van der Waals surface area contributed by atoms with Crippen LogP contribution < -0.4 is 0 Å². The molecule has 1 heterocycles. The van der Waals surface area contributed by atoms with Gasteiger partial charge in [-0.15, -0.1) is 0 Å². The molecule has 8 heteroatoms. The molecule has 1 saturated heterocycles. The summed E-state index contributed by atoms with van der Waals surface area (Å²) in [4.78, 5) is 24.2. The smallest absolute Gasteiger partial charge is 0.326 e. The predicted octanol–water partition coefficient (Wildman–Crippen LogP) is 3.14. The summed E-state index contributed by atoms with van der Waals surface area (Å²) in [6.07, 6.45) is 2.86. The van der Waals surface area contributed by atoms with Crippen LogP contribution in [0.15, 0.2) is 0 Å². The van der Waals surface area contributed by atoms with Crippen molar-refractivity contribution in [3.05, 3.63) is 0 Å². The molecule has 0 radical (unpaired) electrons. The molecule has 1 amide bonds. The molecule has 6 nitrogen and oxygen atoms in total. The van der Waals surface area contributed by atoms with Crippen LogP contribution in [-0.4, -0.2) is 61.9 Å². The van der Waals surface area contributed by atoms with Crippen LogP contribution in [-0.2, 0) is 23.8 Å². The minimum atomic E-state index is -3.33.